The predicted octanol–water partition coefficient (Wildman–Crippen LogP) is 4.55. The fraction of sp³-hybridized carbons (Fsp3) is 1.00. The molecule has 0 radical (unpaired) electrons. The van der Waals surface area contributed by atoms with Gasteiger partial charge in [0.15, 0.2) is 0 Å². The molecule has 0 saturated carbocycles. The molecule has 0 spiro atoms. The Balaban J connectivity index is 4.27. The molecule has 0 amide bonds. The van der Waals surface area contributed by atoms with Crippen molar-refractivity contribution < 1.29 is 40.2 Å². The summed E-state index contributed by atoms with van der Waals surface area (Å²) in [5.74, 6) is 0. The fourth-order valence-corrected chi connectivity index (χ4v) is 8.69. The molecule has 0 rings (SSSR count). The topological polar surface area (TPSA) is 90.9 Å². The summed E-state index contributed by atoms with van der Waals surface area (Å²) in [6, 6.07) is 1.22. The smallest absolute Gasteiger partial charge is 0.374 e. The van der Waals surface area contributed by atoms with Crippen molar-refractivity contribution in [2.24, 2.45) is 0 Å². The second kappa shape index (κ2) is 18.8. The van der Waals surface area contributed by atoms with E-state index in [1.54, 1.807) is 0 Å². The second-order valence-electron chi connectivity index (χ2n) is 6.06. The van der Waals surface area contributed by atoms with Crippen LogP contribution in [0.25, 0.3) is 0 Å². The van der Waals surface area contributed by atoms with Crippen LogP contribution in [0.2, 0.25) is 12.1 Å². The number of hydrogen-bond donors (Lipinski definition) is 0. The van der Waals surface area contributed by atoms with Crippen LogP contribution in [0.15, 0.2) is 0 Å². The van der Waals surface area contributed by atoms with Gasteiger partial charge in [-0.05, 0) is 54.4 Å². The molecule has 0 aliphatic heterocycles. The minimum atomic E-state index is -2.70. The van der Waals surface area contributed by atoms with Crippen molar-refractivity contribution >= 4 is 25.9 Å². The van der Waals surface area contributed by atoms with E-state index in [1.807, 2.05) is 41.5 Å². The van der Waals surface area contributed by atoms with E-state index < -0.39 is 25.9 Å². The molecule has 0 bridgehead atoms. The third kappa shape index (κ3) is 12.9. The normalized spacial score (nSPS) is 12.5. The average Bonchev–Trinajstić information content (AvgIpc) is 2.70. The molecule has 0 saturated heterocycles. The minimum absolute atomic E-state index is 0.284. The Morgan fingerprint density at radius 1 is 0.533 bits per heavy atom. The highest BCUT2D eigenvalue weighted by molar-refractivity contribution is 7.33. The largest absolute Gasteiger partial charge is 0.697 e. The summed E-state index contributed by atoms with van der Waals surface area (Å²) in [6.07, 6.45) is 1.23. The lowest BCUT2D eigenvalue weighted by Gasteiger charge is -2.28. The molecule has 0 fully saturated rings. The van der Waals surface area contributed by atoms with Gasteiger partial charge in [-0.1, -0.05) is 0 Å². The molecular weight excluding hydrogens is 447 g/mol. The first-order valence-electron chi connectivity index (χ1n) is 11.0. The van der Waals surface area contributed by atoms with Crippen LogP contribution in [0.5, 0.6) is 0 Å². The standard InChI is InChI=1S/C18H42O9PSi2/c1-7-22-29(23-8-2,24-9-3)17-13-15-20-28(19)21-16-14-18-30(25-10-4,26-11-5)27-12-6/h7-18H2,1-6H3/q+1. The summed E-state index contributed by atoms with van der Waals surface area (Å²) >= 11 is 0. The van der Waals surface area contributed by atoms with E-state index in [9.17, 15) is 4.57 Å². The fourth-order valence-electron chi connectivity index (χ4n) is 2.90. The SMILES string of the molecule is CCO[Si](CCCO[P+](=O)OCCC[Si](OCC)(OCC)OCC)(OCC)OCC. The van der Waals surface area contributed by atoms with E-state index in [0.717, 1.165) is 0 Å². The first-order valence-corrected chi connectivity index (χ1v) is 16.0. The van der Waals surface area contributed by atoms with Gasteiger partial charge in [-0.2, -0.15) is 0 Å². The summed E-state index contributed by atoms with van der Waals surface area (Å²) in [7, 11) is -7.58. The molecule has 0 aromatic carbocycles. The maximum atomic E-state index is 12.0. The highest BCUT2D eigenvalue weighted by Gasteiger charge is 2.41. The van der Waals surface area contributed by atoms with Crippen molar-refractivity contribution in [3.63, 3.8) is 0 Å². The van der Waals surface area contributed by atoms with E-state index in [-0.39, 0.29) is 13.2 Å². The van der Waals surface area contributed by atoms with Gasteiger partial charge < -0.3 is 26.6 Å². The van der Waals surface area contributed by atoms with Crippen LogP contribution in [0, 0.1) is 0 Å². The van der Waals surface area contributed by atoms with Gasteiger partial charge in [0.1, 0.15) is 13.2 Å². The van der Waals surface area contributed by atoms with Crippen molar-refractivity contribution in [3.8, 4) is 0 Å². The lowest BCUT2D eigenvalue weighted by Crippen LogP contribution is -2.46. The van der Waals surface area contributed by atoms with Crippen LogP contribution in [-0.4, -0.2) is 70.5 Å². The van der Waals surface area contributed by atoms with Gasteiger partial charge in [0.2, 0.25) is 0 Å². The molecule has 12 heteroatoms. The Morgan fingerprint density at radius 2 is 0.800 bits per heavy atom. The summed E-state index contributed by atoms with van der Waals surface area (Å²) in [5.41, 5.74) is 0. The molecule has 30 heavy (non-hydrogen) atoms. The molecule has 0 N–H and O–H groups in total. The highest BCUT2D eigenvalue weighted by Crippen LogP contribution is 2.27. The first-order chi connectivity index (χ1) is 14.5. The van der Waals surface area contributed by atoms with Crippen LogP contribution in [0.4, 0.5) is 0 Å². The Labute approximate surface area is 185 Å². The van der Waals surface area contributed by atoms with E-state index in [2.05, 4.69) is 0 Å². The summed E-state index contributed by atoms with van der Waals surface area (Å²) < 4.78 is 57.3. The molecule has 0 aliphatic carbocycles. The molecule has 0 heterocycles. The van der Waals surface area contributed by atoms with Crippen LogP contribution in [0.3, 0.4) is 0 Å². The number of hydrogen-bond acceptors (Lipinski definition) is 9. The van der Waals surface area contributed by atoms with Crippen LogP contribution < -0.4 is 0 Å². The van der Waals surface area contributed by atoms with E-state index in [1.165, 1.54) is 0 Å². The van der Waals surface area contributed by atoms with Crippen molar-refractivity contribution in [1.29, 1.82) is 0 Å². The molecular formula is C18H42O9PSi2+. The Kier molecular flexibility index (Phi) is 18.9. The van der Waals surface area contributed by atoms with Gasteiger partial charge in [-0.3, -0.25) is 0 Å². The minimum Gasteiger partial charge on any atom is -0.374 e. The highest BCUT2D eigenvalue weighted by atomic mass is 31.1. The number of rotatable bonds is 22. The summed E-state index contributed by atoms with van der Waals surface area (Å²) in [4.78, 5) is 0. The second-order valence-corrected chi connectivity index (χ2v) is 12.5. The summed E-state index contributed by atoms with van der Waals surface area (Å²) in [5, 5.41) is 0. The third-order valence-electron chi connectivity index (χ3n) is 3.83. The van der Waals surface area contributed by atoms with Crippen molar-refractivity contribution in [1.82, 2.24) is 0 Å². The van der Waals surface area contributed by atoms with Gasteiger partial charge in [-0.15, -0.1) is 9.05 Å². The molecule has 9 nitrogen and oxygen atoms in total. The van der Waals surface area contributed by atoms with Gasteiger partial charge in [0.25, 0.3) is 0 Å². The van der Waals surface area contributed by atoms with Gasteiger partial charge in [0, 0.05) is 56.3 Å². The van der Waals surface area contributed by atoms with Crippen LogP contribution in [-0.2, 0) is 40.2 Å². The zero-order valence-electron chi connectivity index (χ0n) is 19.6. The lowest BCUT2D eigenvalue weighted by molar-refractivity contribution is 0.0694. The Bertz CT molecular complexity index is 362. The van der Waals surface area contributed by atoms with Crippen LogP contribution in [0.1, 0.15) is 54.4 Å². The zero-order valence-corrected chi connectivity index (χ0v) is 22.5. The van der Waals surface area contributed by atoms with Crippen molar-refractivity contribution in [2.75, 3.05) is 52.9 Å². The molecule has 180 valence electrons. The van der Waals surface area contributed by atoms with Crippen molar-refractivity contribution in [2.45, 2.75) is 66.5 Å². The van der Waals surface area contributed by atoms with Crippen LogP contribution >= 0.6 is 8.25 Å². The van der Waals surface area contributed by atoms with E-state index in [0.29, 0.717) is 64.6 Å². The average molecular weight is 490 g/mol. The third-order valence-corrected chi connectivity index (χ3v) is 10.9. The molecule has 0 unspecified atom stereocenters. The van der Waals surface area contributed by atoms with Gasteiger partial charge >= 0.3 is 25.9 Å². The molecule has 0 aliphatic rings. The Morgan fingerprint density at radius 3 is 1.03 bits per heavy atom. The van der Waals surface area contributed by atoms with E-state index in [4.69, 9.17) is 35.6 Å². The molecule has 0 aromatic heterocycles. The molecule has 0 aromatic rings. The zero-order chi connectivity index (χ0) is 22.7. The maximum Gasteiger partial charge on any atom is 0.697 e. The Hall–Kier alpha value is 0.214. The quantitative estimate of drug-likeness (QED) is 0.123. The predicted molar refractivity (Wildman–Crippen MR) is 120 cm³/mol. The first kappa shape index (κ1) is 30.2. The lowest BCUT2D eigenvalue weighted by atomic mass is 10.5. The summed E-state index contributed by atoms with van der Waals surface area (Å²) in [6.45, 7) is 15.2. The maximum absolute atomic E-state index is 12.0. The van der Waals surface area contributed by atoms with Gasteiger partial charge in [-0.25, -0.2) is 0 Å². The monoisotopic (exact) mass is 489 g/mol. The van der Waals surface area contributed by atoms with Crippen molar-refractivity contribution in [3.05, 3.63) is 0 Å². The van der Waals surface area contributed by atoms with E-state index >= 15 is 0 Å². The van der Waals surface area contributed by atoms with Gasteiger partial charge in [0.05, 0.1) is 0 Å². The molecule has 0 atom stereocenters.